The summed E-state index contributed by atoms with van der Waals surface area (Å²) < 4.78 is 19.7. The normalized spacial score (nSPS) is 10.6. The lowest BCUT2D eigenvalue weighted by atomic mass is 10.2. The van der Waals surface area contributed by atoms with Gasteiger partial charge in [0.15, 0.2) is 6.29 Å². The second kappa shape index (κ2) is 5.81. The summed E-state index contributed by atoms with van der Waals surface area (Å²) in [6.45, 7) is 0.122. The van der Waals surface area contributed by atoms with Crippen molar-refractivity contribution in [3.63, 3.8) is 0 Å². The fourth-order valence-electron chi connectivity index (χ4n) is 2.26. The average Bonchev–Trinajstić information content (AvgIpc) is 2.91. The van der Waals surface area contributed by atoms with Crippen LogP contribution >= 0.6 is 0 Å². The first-order valence-electron chi connectivity index (χ1n) is 6.66. The molecule has 1 aromatic heterocycles. The summed E-state index contributed by atoms with van der Waals surface area (Å²) in [5.74, 6) is -0.467. The Kier molecular flexibility index (Phi) is 3.70. The van der Waals surface area contributed by atoms with Gasteiger partial charge in [0.2, 0.25) is 0 Å². The standard InChI is InChI=1S/C17H12FNO3/c18-14-6-7-16-15(8-14)13(10-20)9-19(16)17(21)22-11-12-4-2-1-3-5-12/h1-10H,11H2. The van der Waals surface area contributed by atoms with Crippen LogP contribution in [0, 0.1) is 5.82 Å². The Morgan fingerprint density at radius 2 is 1.95 bits per heavy atom. The highest BCUT2D eigenvalue weighted by Crippen LogP contribution is 2.22. The molecule has 4 nitrogen and oxygen atoms in total. The molecule has 0 fully saturated rings. The molecular weight excluding hydrogens is 285 g/mol. The van der Waals surface area contributed by atoms with Gasteiger partial charge in [-0.3, -0.25) is 9.36 Å². The monoisotopic (exact) mass is 297 g/mol. The van der Waals surface area contributed by atoms with E-state index in [-0.39, 0.29) is 12.2 Å². The van der Waals surface area contributed by atoms with E-state index in [1.165, 1.54) is 29.0 Å². The largest absolute Gasteiger partial charge is 0.444 e. The maximum absolute atomic E-state index is 13.3. The van der Waals surface area contributed by atoms with Gasteiger partial charge in [-0.05, 0) is 23.8 Å². The number of hydrogen-bond donors (Lipinski definition) is 0. The Balaban J connectivity index is 1.89. The van der Waals surface area contributed by atoms with Crippen molar-refractivity contribution in [2.45, 2.75) is 6.61 Å². The van der Waals surface area contributed by atoms with Crippen LogP contribution in [0.2, 0.25) is 0 Å². The van der Waals surface area contributed by atoms with Crippen LogP contribution in [0.25, 0.3) is 10.9 Å². The summed E-state index contributed by atoms with van der Waals surface area (Å²) in [6.07, 6.45) is 1.32. The van der Waals surface area contributed by atoms with Crippen LogP contribution in [0.1, 0.15) is 15.9 Å². The van der Waals surface area contributed by atoms with Crippen LogP contribution in [0.5, 0.6) is 0 Å². The zero-order valence-electron chi connectivity index (χ0n) is 11.5. The van der Waals surface area contributed by atoms with Gasteiger partial charge in [0.25, 0.3) is 0 Å². The predicted octanol–water partition coefficient (Wildman–Crippen LogP) is 3.78. The Morgan fingerprint density at radius 1 is 1.18 bits per heavy atom. The first-order valence-corrected chi connectivity index (χ1v) is 6.66. The highest BCUT2D eigenvalue weighted by molar-refractivity contribution is 6.01. The number of fused-ring (bicyclic) bond motifs is 1. The maximum Gasteiger partial charge on any atom is 0.418 e. The van der Waals surface area contributed by atoms with E-state index < -0.39 is 11.9 Å². The summed E-state index contributed by atoms with van der Waals surface area (Å²) in [5.41, 5.74) is 1.53. The van der Waals surface area contributed by atoms with E-state index in [0.717, 1.165) is 5.56 Å². The molecule has 0 aliphatic carbocycles. The first-order chi connectivity index (χ1) is 10.7. The number of aldehydes is 1. The number of carbonyl (C=O) groups is 2. The molecule has 110 valence electrons. The van der Waals surface area contributed by atoms with Gasteiger partial charge >= 0.3 is 6.09 Å². The minimum atomic E-state index is -0.617. The van der Waals surface area contributed by atoms with Gasteiger partial charge in [-0.25, -0.2) is 9.18 Å². The van der Waals surface area contributed by atoms with Gasteiger partial charge in [-0.15, -0.1) is 0 Å². The number of halogens is 1. The van der Waals surface area contributed by atoms with E-state index in [4.69, 9.17) is 4.74 Å². The minimum Gasteiger partial charge on any atom is -0.444 e. The van der Waals surface area contributed by atoms with Crippen molar-refractivity contribution in [3.05, 3.63) is 71.7 Å². The zero-order valence-corrected chi connectivity index (χ0v) is 11.5. The van der Waals surface area contributed by atoms with Crippen LogP contribution in [0.15, 0.2) is 54.7 Å². The summed E-state index contributed by atoms with van der Waals surface area (Å²) >= 11 is 0. The molecule has 3 rings (SSSR count). The summed E-state index contributed by atoms with van der Waals surface area (Å²) in [4.78, 5) is 23.2. The van der Waals surface area contributed by atoms with Gasteiger partial charge in [0.1, 0.15) is 12.4 Å². The second-order valence-corrected chi connectivity index (χ2v) is 4.77. The van der Waals surface area contributed by atoms with Crippen LogP contribution < -0.4 is 0 Å². The number of rotatable bonds is 3. The van der Waals surface area contributed by atoms with E-state index in [2.05, 4.69) is 0 Å². The quantitative estimate of drug-likeness (QED) is 0.691. The minimum absolute atomic E-state index is 0.122. The predicted molar refractivity (Wildman–Crippen MR) is 79.3 cm³/mol. The number of hydrogen-bond acceptors (Lipinski definition) is 3. The van der Waals surface area contributed by atoms with E-state index in [0.29, 0.717) is 17.2 Å². The summed E-state index contributed by atoms with van der Waals surface area (Å²) in [5, 5.41) is 0.381. The fraction of sp³-hybridized carbons (Fsp3) is 0.0588. The number of carbonyl (C=O) groups excluding carboxylic acids is 2. The number of nitrogens with zero attached hydrogens (tertiary/aromatic N) is 1. The van der Waals surface area contributed by atoms with Crippen molar-refractivity contribution in [1.82, 2.24) is 4.57 Å². The topological polar surface area (TPSA) is 48.3 Å². The van der Waals surface area contributed by atoms with Crippen LogP contribution in [0.3, 0.4) is 0 Å². The Labute approximate surface area is 125 Å². The molecule has 0 saturated heterocycles. The maximum atomic E-state index is 13.3. The number of ether oxygens (including phenoxy) is 1. The van der Waals surface area contributed by atoms with Crippen molar-refractivity contribution < 1.29 is 18.7 Å². The average molecular weight is 297 g/mol. The molecule has 0 bridgehead atoms. The Hall–Kier alpha value is -2.95. The SMILES string of the molecule is O=Cc1cn(C(=O)OCc2ccccc2)c2ccc(F)cc12. The smallest absolute Gasteiger partial charge is 0.418 e. The molecule has 2 aromatic carbocycles. The lowest BCUT2D eigenvalue weighted by Gasteiger charge is -2.06. The zero-order chi connectivity index (χ0) is 15.5. The van der Waals surface area contributed by atoms with Gasteiger partial charge in [-0.2, -0.15) is 0 Å². The van der Waals surface area contributed by atoms with Crippen molar-refractivity contribution in [1.29, 1.82) is 0 Å². The number of aromatic nitrogens is 1. The third-order valence-electron chi connectivity index (χ3n) is 3.33. The molecule has 5 heteroatoms. The van der Waals surface area contributed by atoms with Gasteiger partial charge in [-0.1, -0.05) is 30.3 Å². The Morgan fingerprint density at radius 3 is 2.68 bits per heavy atom. The van der Waals surface area contributed by atoms with Crippen LogP contribution in [-0.2, 0) is 11.3 Å². The van der Waals surface area contributed by atoms with Crippen LogP contribution in [-0.4, -0.2) is 16.9 Å². The van der Waals surface area contributed by atoms with Gasteiger partial charge in [0.05, 0.1) is 5.52 Å². The molecular formula is C17H12FNO3. The Bertz CT molecular complexity index is 840. The molecule has 1 heterocycles. The molecule has 0 radical (unpaired) electrons. The molecule has 0 atom stereocenters. The van der Waals surface area contributed by atoms with E-state index in [1.807, 2.05) is 30.3 Å². The van der Waals surface area contributed by atoms with E-state index >= 15 is 0 Å². The van der Waals surface area contributed by atoms with Crippen molar-refractivity contribution >= 4 is 23.3 Å². The van der Waals surface area contributed by atoms with Crippen molar-refractivity contribution in [2.75, 3.05) is 0 Å². The van der Waals surface area contributed by atoms with E-state index in [1.54, 1.807) is 0 Å². The number of benzene rings is 2. The lowest BCUT2D eigenvalue weighted by molar-refractivity contribution is 0.112. The molecule has 0 amide bonds. The lowest BCUT2D eigenvalue weighted by Crippen LogP contribution is -2.12. The first kappa shape index (κ1) is 14.0. The highest BCUT2D eigenvalue weighted by Gasteiger charge is 2.15. The molecule has 3 aromatic rings. The van der Waals surface area contributed by atoms with Gasteiger partial charge < -0.3 is 4.74 Å². The third kappa shape index (κ3) is 2.61. The van der Waals surface area contributed by atoms with Gasteiger partial charge in [0, 0.05) is 17.1 Å². The third-order valence-corrected chi connectivity index (χ3v) is 3.33. The molecule has 0 unspecified atom stereocenters. The fourth-order valence-corrected chi connectivity index (χ4v) is 2.26. The van der Waals surface area contributed by atoms with Crippen molar-refractivity contribution in [3.8, 4) is 0 Å². The van der Waals surface area contributed by atoms with Crippen LogP contribution in [0.4, 0.5) is 9.18 Å². The van der Waals surface area contributed by atoms with E-state index in [9.17, 15) is 14.0 Å². The summed E-state index contributed by atoms with van der Waals surface area (Å²) in [6, 6.07) is 13.2. The highest BCUT2D eigenvalue weighted by atomic mass is 19.1. The molecule has 0 aliphatic heterocycles. The molecule has 0 saturated carbocycles. The second-order valence-electron chi connectivity index (χ2n) is 4.77. The van der Waals surface area contributed by atoms with Crippen molar-refractivity contribution in [2.24, 2.45) is 0 Å². The molecule has 0 aliphatic rings. The molecule has 22 heavy (non-hydrogen) atoms. The molecule has 0 N–H and O–H groups in total. The molecule has 0 spiro atoms. The summed E-state index contributed by atoms with van der Waals surface area (Å²) in [7, 11) is 0.